The van der Waals surface area contributed by atoms with E-state index in [0.29, 0.717) is 40.0 Å². The Hall–Kier alpha value is -4.97. The Morgan fingerprint density at radius 3 is 2.28 bits per heavy atom. The Balaban J connectivity index is 1.39. The van der Waals surface area contributed by atoms with Gasteiger partial charge < -0.3 is 25.4 Å². The number of benzene rings is 4. The molecule has 0 bridgehead atoms. The van der Waals surface area contributed by atoms with Crippen molar-refractivity contribution in [3.05, 3.63) is 108 Å². The Bertz CT molecular complexity index is 1900. The molecule has 1 aromatic heterocycles. The van der Waals surface area contributed by atoms with Crippen molar-refractivity contribution >= 4 is 50.1 Å². The number of para-hydroxylation sites is 1. The van der Waals surface area contributed by atoms with Crippen LogP contribution in [-0.4, -0.2) is 28.9 Å². The number of nitrogens with one attached hydrogen (secondary N) is 4. The van der Waals surface area contributed by atoms with Crippen molar-refractivity contribution in [2.45, 2.75) is 32.7 Å². The number of fused-ring (bicyclic) bond motifs is 1. The number of aromatic nitrogens is 1. The number of carbonyl (C=O) groups is 1. The van der Waals surface area contributed by atoms with Crippen LogP contribution in [0.15, 0.2) is 97.2 Å². The van der Waals surface area contributed by atoms with E-state index in [1.807, 2.05) is 99.6 Å². The second-order valence-corrected chi connectivity index (χ2v) is 13.7. The van der Waals surface area contributed by atoms with Gasteiger partial charge in [0.2, 0.25) is 0 Å². The Morgan fingerprint density at radius 2 is 1.59 bits per heavy atom. The number of nitrogens with zero attached hydrogens (tertiary/aromatic N) is 1. The number of hydrogen-bond donors (Lipinski definition) is 5. The van der Waals surface area contributed by atoms with Gasteiger partial charge in [-0.2, -0.15) is 4.55 Å². The van der Waals surface area contributed by atoms with E-state index >= 15 is 0 Å². The zero-order valence-electron chi connectivity index (χ0n) is 26.4. The number of methoxy groups -OCH3 is 1. The summed E-state index contributed by atoms with van der Waals surface area (Å²) in [4.78, 5) is 17.8. The van der Waals surface area contributed by atoms with Crippen molar-refractivity contribution in [2.75, 3.05) is 29.3 Å². The van der Waals surface area contributed by atoms with E-state index < -0.39 is 16.4 Å². The molecule has 2 amide bonds. The molecule has 0 spiro atoms. The molecule has 5 N–H and O–H groups in total. The minimum atomic E-state index is -3.20. The van der Waals surface area contributed by atoms with Crippen LogP contribution >= 0.6 is 0 Å². The molecule has 10 nitrogen and oxygen atoms in total. The zero-order chi connectivity index (χ0) is 32.9. The summed E-state index contributed by atoms with van der Waals surface area (Å²) >= 11 is 0. The van der Waals surface area contributed by atoms with E-state index in [-0.39, 0.29) is 12.0 Å². The number of pyridine rings is 1. The van der Waals surface area contributed by atoms with Gasteiger partial charge in [0.1, 0.15) is 23.1 Å². The lowest BCUT2D eigenvalue weighted by Gasteiger charge is -2.24. The van der Waals surface area contributed by atoms with Crippen LogP contribution in [0.25, 0.3) is 10.8 Å². The van der Waals surface area contributed by atoms with Crippen molar-refractivity contribution in [1.82, 2.24) is 9.71 Å². The molecule has 1 atom stereocenters. The van der Waals surface area contributed by atoms with Gasteiger partial charge in [0.25, 0.3) is 10.4 Å². The molecule has 0 aliphatic heterocycles. The Kier molecular flexibility index (Phi) is 9.57. The first-order valence-corrected chi connectivity index (χ1v) is 16.6. The minimum Gasteiger partial charge on any atom is -0.494 e. The highest BCUT2D eigenvalue weighted by Gasteiger charge is 2.23. The number of amides is 2. The molecular weight excluding hydrogens is 602 g/mol. The summed E-state index contributed by atoms with van der Waals surface area (Å²) in [7, 11) is -1.71. The molecule has 4 aromatic carbocycles. The molecule has 11 heteroatoms. The maximum absolute atomic E-state index is 13.4. The topological polar surface area (TPSA) is 134 Å². The number of urea groups is 1. The van der Waals surface area contributed by atoms with Crippen molar-refractivity contribution < 1.29 is 23.0 Å². The fraction of sp³-hybridized carbons (Fsp3) is 0.200. The molecule has 1 unspecified atom stereocenters. The third-order valence-electron chi connectivity index (χ3n) is 7.15. The molecule has 46 heavy (non-hydrogen) atoms. The van der Waals surface area contributed by atoms with E-state index in [2.05, 4.69) is 25.7 Å². The summed E-state index contributed by atoms with van der Waals surface area (Å²) in [5.74, 6) is 2.26. The van der Waals surface area contributed by atoms with Crippen LogP contribution in [0.2, 0.25) is 0 Å². The maximum atomic E-state index is 13.4. The number of hydrogen-bond acceptors (Lipinski definition) is 6. The minimum absolute atomic E-state index is 0.0720. The van der Waals surface area contributed by atoms with Gasteiger partial charge in [-0.25, -0.2) is 9.78 Å². The fourth-order valence-electron chi connectivity index (χ4n) is 4.88. The van der Waals surface area contributed by atoms with E-state index in [4.69, 9.17) is 9.47 Å². The predicted octanol–water partition coefficient (Wildman–Crippen LogP) is 8.33. The number of anilines is 4. The monoisotopic (exact) mass is 640 g/mol. The van der Waals surface area contributed by atoms with E-state index in [9.17, 15) is 13.6 Å². The third-order valence-corrected chi connectivity index (χ3v) is 7.83. The van der Waals surface area contributed by atoms with Crippen molar-refractivity contribution in [3.63, 3.8) is 0 Å². The van der Waals surface area contributed by atoms with Gasteiger partial charge in [-0.1, -0.05) is 63.2 Å². The van der Waals surface area contributed by atoms with Crippen LogP contribution in [0.1, 0.15) is 31.9 Å². The smallest absolute Gasteiger partial charge is 0.323 e. The predicted molar refractivity (Wildman–Crippen MR) is 186 cm³/mol. The highest BCUT2D eigenvalue weighted by molar-refractivity contribution is 7.95. The quantitative estimate of drug-likeness (QED) is 0.0969. The van der Waals surface area contributed by atoms with Crippen LogP contribution in [0, 0.1) is 0 Å². The van der Waals surface area contributed by atoms with Gasteiger partial charge in [-0.05, 0) is 57.7 Å². The summed E-state index contributed by atoms with van der Waals surface area (Å²) in [5, 5.41) is 10.8. The second kappa shape index (κ2) is 13.6. The van der Waals surface area contributed by atoms with Gasteiger partial charge >= 0.3 is 6.03 Å². The first kappa shape index (κ1) is 32.4. The molecule has 0 aliphatic carbocycles. The van der Waals surface area contributed by atoms with Crippen LogP contribution < -0.4 is 30.1 Å². The molecule has 0 saturated carbocycles. The lowest BCUT2D eigenvalue weighted by atomic mass is 9.85. The molecule has 5 rings (SSSR count). The lowest BCUT2D eigenvalue weighted by molar-refractivity contribution is 0.262. The van der Waals surface area contributed by atoms with Crippen LogP contribution in [-0.2, 0) is 26.6 Å². The molecule has 0 aliphatic rings. The fourth-order valence-corrected chi connectivity index (χ4v) is 5.31. The molecule has 0 saturated heterocycles. The highest BCUT2D eigenvalue weighted by atomic mass is 32.3. The van der Waals surface area contributed by atoms with E-state index in [1.165, 1.54) is 13.4 Å². The molecule has 0 radical (unpaired) electrons. The van der Waals surface area contributed by atoms with Crippen LogP contribution in [0.4, 0.5) is 27.7 Å². The average Bonchev–Trinajstić information content (AvgIpc) is 3.01. The summed E-state index contributed by atoms with van der Waals surface area (Å²) in [6.07, 6.45) is 2.88. The van der Waals surface area contributed by atoms with Crippen molar-refractivity contribution in [1.29, 1.82) is 0 Å². The first-order chi connectivity index (χ1) is 21.9. The van der Waals surface area contributed by atoms with E-state index in [0.717, 1.165) is 22.0 Å². The summed E-state index contributed by atoms with van der Waals surface area (Å²) < 4.78 is 36.3. The van der Waals surface area contributed by atoms with Gasteiger partial charge in [-0.15, -0.1) is 4.72 Å². The van der Waals surface area contributed by atoms with Crippen molar-refractivity contribution in [2.24, 2.45) is 0 Å². The van der Waals surface area contributed by atoms with Crippen molar-refractivity contribution in [3.8, 4) is 17.2 Å². The van der Waals surface area contributed by atoms with Crippen LogP contribution in [0.3, 0.4) is 0 Å². The SMILES string of the molecule is COc1c(CN[S+](C)(=O)O)cc(C(C)(C)C)cc1NC(=O)Nc1ccc(Oc2ccnc(Nc3ccccc3)c2)c2ccccc12. The molecule has 0 fully saturated rings. The largest absolute Gasteiger partial charge is 0.494 e. The second-order valence-electron chi connectivity index (χ2n) is 11.8. The third kappa shape index (κ3) is 8.19. The normalized spacial score (nSPS) is 12.7. The van der Waals surface area contributed by atoms with Gasteiger partial charge in [0.15, 0.2) is 6.26 Å². The first-order valence-electron chi connectivity index (χ1n) is 14.6. The maximum Gasteiger partial charge on any atom is 0.323 e. The lowest BCUT2D eigenvalue weighted by Crippen LogP contribution is -2.28. The zero-order valence-corrected chi connectivity index (χ0v) is 27.2. The van der Waals surface area contributed by atoms with Crippen LogP contribution in [0.5, 0.6) is 17.2 Å². The average molecular weight is 641 g/mol. The van der Waals surface area contributed by atoms with Gasteiger partial charge in [-0.3, -0.25) is 0 Å². The highest BCUT2D eigenvalue weighted by Crippen LogP contribution is 2.37. The number of carbonyl (C=O) groups excluding carboxylic acids is 1. The summed E-state index contributed by atoms with van der Waals surface area (Å²) in [6, 6.07) is 27.9. The Morgan fingerprint density at radius 1 is 0.891 bits per heavy atom. The molecule has 1 heterocycles. The van der Waals surface area contributed by atoms with E-state index in [1.54, 1.807) is 18.3 Å². The molecular formula is C35H38N5O5S+. The number of ether oxygens (including phenoxy) is 2. The standard InChI is InChI=1S/C35H37N5O5S/c1-35(2,3)24-19-23(22-37-46(5,42)43)33(44-4)30(20-24)40-34(41)39-29-15-16-31(28-14-10-9-13-27(28)29)45-26-17-18-36-32(21-26)38-25-11-7-6-8-12-25/h6-21H,22H2,1-5H3,(H4-,36,37,38,39,40,41,42,43)/p+1. The summed E-state index contributed by atoms with van der Waals surface area (Å²) in [5.41, 5.74) is 3.23. The number of rotatable bonds is 10. The van der Waals surface area contributed by atoms with Gasteiger partial charge in [0, 0.05) is 34.3 Å². The summed E-state index contributed by atoms with van der Waals surface area (Å²) in [6.45, 7) is 6.22. The molecule has 5 aromatic rings. The molecule has 238 valence electrons. The van der Waals surface area contributed by atoms with Gasteiger partial charge in [0.05, 0.1) is 25.0 Å². The Labute approximate surface area is 269 Å².